The van der Waals surface area contributed by atoms with Crippen molar-refractivity contribution in [3.63, 3.8) is 0 Å². The first kappa shape index (κ1) is 25.6. The van der Waals surface area contributed by atoms with Crippen LogP contribution in [0.25, 0.3) is 22.2 Å². The van der Waals surface area contributed by atoms with E-state index in [2.05, 4.69) is 51.7 Å². The lowest BCUT2D eigenvalue weighted by Gasteiger charge is -2.41. The number of carbonyl (C=O) groups is 2. The summed E-state index contributed by atoms with van der Waals surface area (Å²) in [6.07, 6.45) is 9.31. The van der Waals surface area contributed by atoms with Crippen LogP contribution >= 0.6 is 0 Å². The Kier molecular flexibility index (Phi) is 5.73. The predicted octanol–water partition coefficient (Wildman–Crippen LogP) is 6.61. The van der Waals surface area contributed by atoms with E-state index in [-0.39, 0.29) is 13.1 Å². The van der Waals surface area contributed by atoms with E-state index < -0.39 is 5.41 Å². The number of fused-ring (bicyclic) bond motifs is 9. The third kappa shape index (κ3) is 3.72. The molecule has 5 aliphatic rings. The Bertz CT molecular complexity index is 1580. The van der Waals surface area contributed by atoms with Crippen LogP contribution in [0.5, 0.6) is 5.75 Å². The van der Waals surface area contributed by atoms with E-state index in [4.69, 9.17) is 4.74 Å². The summed E-state index contributed by atoms with van der Waals surface area (Å²) in [5.74, 6) is 1.98. The SMILES string of the molecule is COc1ccc2c(c1)C1CC1(C(=O)N1C3CCC1CN(C)C3)Cn1c-2c(C2CCCCC2)c2ccc(C(C)=O)cc21.[HH]. The maximum Gasteiger partial charge on any atom is 0.231 e. The largest absolute Gasteiger partial charge is 0.497 e. The molecule has 6 nitrogen and oxygen atoms in total. The number of hydrogen-bond acceptors (Lipinski definition) is 4. The van der Waals surface area contributed by atoms with Gasteiger partial charge in [0.2, 0.25) is 5.91 Å². The Balaban J connectivity index is 0.00000288. The van der Waals surface area contributed by atoms with Crippen LogP contribution in [0.15, 0.2) is 36.4 Å². The second-order valence-electron chi connectivity index (χ2n) is 13.7. The van der Waals surface area contributed by atoms with Crippen molar-refractivity contribution < 1.29 is 15.8 Å². The first-order valence-electron chi connectivity index (χ1n) is 15.8. The summed E-state index contributed by atoms with van der Waals surface area (Å²) >= 11 is 0. The normalized spacial score (nSPS) is 29.0. The first-order chi connectivity index (χ1) is 19.9. The standard InChI is InChI=1S/C35H41N3O3.H2/c1-21(39)23-9-13-28-31(15-23)37-20-35(34(40)38-24-10-11-25(38)19-36(2)18-24)17-30(35)29-16-26(41-3)12-14-27(29)33(37)32(28)22-7-5-4-6-8-22;/h9,12-16,22,24-25,30H,4-8,10-11,17-20H2,1-3H3;1H. The van der Waals surface area contributed by atoms with Gasteiger partial charge < -0.3 is 19.1 Å². The Morgan fingerprint density at radius 1 is 0.976 bits per heavy atom. The highest BCUT2D eigenvalue weighted by atomic mass is 16.5. The molecule has 2 bridgehead atoms. The van der Waals surface area contributed by atoms with Gasteiger partial charge >= 0.3 is 0 Å². The maximum atomic E-state index is 14.8. The lowest BCUT2D eigenvalue weighted by Crippen LogP contribution is -2.57. The van der Waals surface area contributed by atoms with Crippen molar-refractivity contribution >= 4 is 22.6 Å². The van der Waals surface area contributed by atoms with Crippen LogP contribution in [0, 0.1) is 5.41 Å². The molecule has 0 radical (unpaired) electrons. The number of ether oxygens (including phenoxy) is 1. The quantitative estimate of drug-likeness (QED) is 0.342. The van der Waals surface area contributed by atoms with Gasteiger partial charge in [0.25, 0.3) is 0 Å². The number of benzene rings is 2. The number of rotatable bonds is 4. The second kappa shape index (κ2) is 9.19. The minimum atomic E-state index is -0.453. The molecular weight excluding hydrogens is 510 g/mol. The van der Waals surface area contributed by atoms with Crippen molar-refractivity contribution in [3.8, 4) is 17.0 Å². The third-order valence-corrected chi connectivity index (χ3v) is 11.3. The van der Waals surface area contributed by atoms with Crippen LogP contribution in [-0.4, -0.2) is 65.4 Å². The van der Waals surface area contributed by atoms with Crippen LogP contribution in [0.1, 0.15) is 93.0 Å². The molecule has 2 aromatic carbocycles. The highest BCUT2D eigenvalue weighted by Gasteiger charge is 2.65. The molecule has 6 heteroatoms. The molecule has 4 fully saturated rings. The molecule has 2 aliphatic carbocycles. The number of likely N-dealkylation sites (tertiary alicyclic amines) is 1. The fourth-order valence-corrected chi connectivity index (χ4v) is 9.20. The number of aromatic nitrogens is 1. The second-order valence-corrected chi connectivity index (χ2v) is 13.7. The fraction of sp³-hybridized carbons (Fsp3) is 0.543. The van der Waals surface area contributed by atoms with Gasteiger partial charge in [0.05, 0.1) is 18.2 Å². The highest BCUT2D eigenvalue weighted by molar-refractivity contribution is 6.02. The summed E-state index contributed by atoms with van der Waals surface area (Å²) in [5, 5.41) is 1.26. The van der Waals surface area contributed by atoms with Crippen molar-refractivity contribution in [3.05, 3.63) is 53.1 Å². The average Bonchev–Trinajstić information content (AvgIpc) is 3.57. The first-order valence-corrected chi connectivity index (χ1v) is 15.8. The summed E-state index contributed by atoms with van der Waals surface area (Å²) in [6, 6.07) is 13.5. The molecular formula is C35H43N3O3. The topological polar surface area (TPSA) is 54.8 Å². The number of hydrogen-bond donors (Lipinski definition) is 0. The molecule has 2 saturated carbocycles. The molecule has 0 spiro atoms. The monoisotopic (exact) mass is 553 g/mol. The average molecular weight is 554 g/mol. The third-order valence-electron chi connectivity index (χ3n) is 11.3. The summed E-state index contributed by atoms with van der Waals surface area (Å²) in [4.78, 5) is 32.1. The van der Waals surface area contributed by atoms with Gasteiger partial charge in [-0.25, -0.2) is 0 Å². The number of piperazine rings is 1. The van der Waals surface area contributed by atoms with Crippen molar-refractivity contribution in [1.29, 1.82) is 0 Å². The van der Waals surface area contributed by atoms with Gasteiger partial charge in [0.1, 0.15) is 5.75 Å². The number of Topliss-reactive ketones (excluding diaryl/α,β-unsaturated/α-hetero) is 1. The Hall–Kier alpha value is -3.12. The summed E-state index contributed by atoms with van der Waals surface area (Å²) in [6.45, 7) is 4.28. The molecule has 8 rings (SSSR count). The lowest BCUT2D eigenvalue weighted by molar-refractivity contribution is -0.143. The minimum Gasteiger partial charge on any atom is -0.497 e. The van der Waals surface area contributed by atoms with Crippen LogP contribution in [0.3, 0.4) is 0 Å². The molecule has 4 atom stereocenters. The molecule has 4 heterocycles. The number of amides is 1. The highest BCUT2D eigenvalue weighted by Crippen LogP contribution is 2.66. The zero-order valence-corrected chi connectivity index (χ0v) is 24.6. The Morgan fingerprint density at radius 2 is 1.73 bits per heavy atom. The molecule has 4 unspecified atom stereocenters. The molecule has 3 aliphatic heterocycles. The van der Waals surface area contributed by atoms with Gasteiger partial charge in [-0.2, -0.15) is 0 Å². The van der Waals surface area contributed by atoms with Crippen LogP contribution in [0.2, 0.25) is 0 Å². The smallest absolute Gasteiger partial charge is 0.231 e. The predicted molar refractivity (Wildman–Crippen MR) is 163 cm³/mol. The van der Waals surface area contributed by atoms with Crippen molar-refractivity contribution in [1.82, 2.24) is 14.4 Å². The Morgan fingerprint density at radius 3 is 2.44 bits per heavy atom. The van der Waals surface area contributed by atoms with E-state index in [0.717, 1.165) is 49.2 Å². The zero-order chi connectivity index (χ0) is 28.0. The number of nitrogens with zero attached hydrogens (tertiary/aromatic N) is 3. The van der Waals surface area contributed by atoms with Crippen molar-refractivity contribution in [2.75, 3.05) is 27.2 Å². The molecule has 3 aromatic rings. The molecule has 216 valence electrons. The van der Waals surface area contributed by atoms with E-state index in [1.165, 1.54) is 59.9 Å². The minimum absolute atomic E-state index is 0. The van der Waals surface area contributed by atoms with Crippen LogP contribution in [-0.2, 0) is 11.3 Å². The van der Waals surface area contributed by atoms with E-state index in [0.29, 0.717) is 30.5 Å². The van der Waals surface area contributed by atoms with E-state index >= 15 is 0 Å². The summed E-state index contributed by atoms with van der Waals surface area (Å²) in [7, 11) is 3.93. The van der Waals surface area contributed by atoms with Gasteiger partial charge in [-0.1, -0.05) is 31.4 Å². The lowest BCUT2D eigenvalue weighted by atomic mass is 9.81. The zero-order valence-electron chi connectivity index (χ0n) is 24.6. The van der Waals surface area contributed by atoms with Crippen LogP contribution < -0.4 is 4.74 Å². The maximum absolute atomic E-state index is 14.8. The van der Waals surface area contributed by atoms with Crippen molar-refractivity contribution in [2.45, 2.75) is 88.8 Å². The van der Waals surface area contributed by atoms with E-state index in [9.17, 15) is 9.59 Å². The molecule has 1 aromatic heterocycles. The van der Waals surface area contributed by atoms with Gasteiger partial charge in [-0.05, 0) is 87.4 Å². The van der Waals surface area contributed by atoms with Gasteiger partial charge in [-0.3, -0.25) is 9.59 Å². The summed E-state index contributed by atoms with van der Waals surface area (Å²) in [5.41, 5.74) is 6.66. The summed E-state index contributed by atoms with van der Waals surface area (Å²) < 4.78 is 8.22. The van der Waals surface area contributed by atoms with Crippen molar-refractivity contribution in [2.24, 2.45) is 5.41 Å². The van der Waals surface area contributed by atoms with E-state index in [1.807, 2.05) is 6.07 Å². The van der Waals surface area contributed by atoms with Crippen LogP contribution in [0.4, 0.5) is 0 Å². The number of carbonyl (C=O) groups excluding carboxylic acids is 2. The fourth-order valence-electron chi connectivity index (χ4n) is 9.20. The molecule has 0 N–H and O–H groups in total. The van der Waals surface area contributed by atoms with E-state index in [1.54, 1.807) is 14.0 Å². The van der Waals surface area contributed by atoms with Gasteiger partial charge in [0, 0.05) is 61.1 Å². The molecule has 41 heavy (non-hydrogen) atoms. The number of likely N-dealkylation sites (N-methyl/N-ethyl adjacent to an activating group) is 1. The molecule has 1 amide bonds. The Labute approximate surface area is 244 Å². The van der Waals surface area contributed by atoms with Gasteiger partial charge in [0.15, 0.2) is 5.78 Å². The van der Waals surface area contributed by atoms with Gasteiger partial charge in [-0.15, -0.1) is 0 Å². The number of methoxy groups -OCH3 is 1. The molecule has 2 saturated heterocycles. The number of ketones is 1.